The molecule has 0 saturated carbocycles. The Kier molecular flexibility index (Phi) is 6.58. The van der Waals surface area contributed by atoms with Crippen LogP contribution in [0.25, 0.3) is 0 Å². The zero-order chi connectivity index (χ0) is 14.3. The van der Waals surface area contributed by atoms with Gasteiger partial charge in [0.15, 0.2) is 0 Å². The molecule has 1 heterocycles. The molecule has 0 radical (unpaired) electrons. The summed E-state index contributed by atoms with van der Waals surface area (Å²) in [5, 5.41) is 12.1. The highest BCUT2D eigenvalue weighted by atomic mass is 16.6. The summed E-state index contributed by atoms with van der Waals surface area (Å²) in [5.41, 5.74) is -0.424. The topological polar surface area (TPSA) is 61.8 Å². The fourth-order valence-electron chi connectivity index (χ4n) is 2.14. The zero-order valence-corrected chi connectivity index (χ0v) is 12.4. The van der Waals surface area contributed by atoms with Crippen molar-refractivity contribution < 1.29 is 14.6 Å². The van der Waals surface area contributed by atoms with Gasteiger partial charge in [0.1, 0.15) is 5.60 Å². The van der Waals surface area contributed by atoms with Gasteiger partial charge in [0.25, 0.3) is 0 Å². The Bertz CT molecular complexity index is 276. The van der Waals surface area contributed by atoms with Crippen LogP contribution in [0.5, 0.6) is 0 Å². The number of likely N-dealkylation sites (tertiary alicyclic amines) is 1. The van der Waals surface area contributed by atoms with Crippen LogP contribution in [-0.4, -0.2) is 54.0 Å². The predicted molar refractivity (Wildman–Crippen MR) is 75.2 cm³/mol. The molecule has 1 rings (SSSR count). The van der Waals surface area contributed by atoms with E-state index in [1.807, 2.05) is 20.8 Å². The number of carbonyl (C=O) groups is 1. The van der Waals surface area contributed by atoms with Crippen LogP contribution in [0.2, 0.25) is 0 Å². The highest BCUT2D eigenvalue weighted by Gasteiger charge is 2.29. The summed E-state index contributed by atoms with van der Waals surface area (Å²) in [6.45, 7) is 8.38. The summed E-state index contributed by atoms with van der Waals surface area (Å²) < 4.78 is 5.36. The molecule has 5 heteroatoms. The fraction of sp³-hybridized carbons (Fsp3) is 0.929. The van der Waals surface area contributed by atoms with Gasteiger partial charge >= 0.3 is 6.09 Å². The summed E-state index contributed by atoms with van der Waals surface area (Å²) in [5.74, 6) is 0. The van der Waals surface area contributed by atoms with E-state index in [0.717, 1.165) is 45.3 Å². The molecule has 0 spiro atoms. The standard InChI is InChI=1S/C14H28N2O3/c1-14(2,3)19-13(18)16-9-7-12(11-16)15-8-5-4-6-10-17/h12,15,17H,4-11H2,1-3H3. The van der Waals surface area contributed by atoms with Crippen LogP contribution in [-0.2, 0) is 4.74 Å². The van der Waals surface area contributed by atoms with Crippen molar-refractivity contribution in [1.29, 1.82) is 0 Å². The van der Waals surface area contributed by atoms with Crippen LogP contribution in [0.3, 0.4) is 0 Å². The Labute approximate surface area is 116 Å². The van der Waals surface area contributed by atoms with E-state index in [1.54, 1.807) is 4.90 Å². The molecule has 1 aliphatic rings. The minimum Gasteiger partial charge on any atom is -0.444 e. The van der Waals surface area contributed by atoms with Gasteiger partial charge in [-0.3, -0.25) is 0 Å². The van der Waals surface area contributed by atoms with Gasteiger partial charge in [-0.1, -0.05) is 0 Å². The number of unbranched alkanes of at least 4 members (excludes halogenated alkanes) is 2. The van der Waals surface area contributed by atoms with Crippen LogP contribution >= 0.6 is 0 Å². The van der Waals surface area contributed by atoms with Crippen LogP contribution in [0.4, 0.5) is 4.79 Å². The summed E-state index contributed by atoms with van der Waals surface area (Å²) in [6.07, 6.45) is 3.77. The van der Waals surface area contributed by atoms with E-state index in [0.29, 0.717) is 6.04 Å². The third kappa shape index (κ3) is 6.78. The number of ether oxygens (including phenoxy) is 1. The van der Waals surface area contributed by atoms with Crippen molar-refractivity contribution in [3.8, 4) is 0 Å². The fourth-order valence-corrected chi connectivity index (χ4v) is 2.14. The van der Waals surface area contributed by atoms with E-state index < -0.39 is 5.60 Å². The quantitative estimate of drug-likeness (QED) is 0.723. The van der Waals surface area contributed by atoms with Crippen LogP contribution in [0.15, 0.2) is 0 Å². The van der Waals surface area contributed by atoms with Crippen molar-refractivity contribution in [1.82, 2.24) is 10.2 Å². The van der Waals surface area contributed by atoms with Gasteiger partial charge in [-0.2, -0.15) is 0 Å². The smallest absolute Gasteiger partial charge is 0.410 e. The van der Waals surface area contributed by atoms with Gasteiger partial charge in [0.2, 0.25) is 0 Å². The van der Waals surface area contributed by atoms with E-state index in [1.165, 1.54) is 0 Å². The molecule has 1 atom stereocenters. The van der Waals surface area contributed by atoms with E-state index in [-0.39, 0.29) is 12.7 Å². The number of hydrogen-bond acceptors (Lipinski definition) is 4. The Balaban J connectivity index is 2.17. The molecule has 2 N–H and O–H groups in total. The first-order valence-corrected chi connectivity index (χ1v) is 7.24. The highest BCUT2D eigenvalue weighted by molar-refractivity contribution is 5.68. The molecular weight excluding hydrogens is 244 g/mol. The molecule has 0 bridgehead atoms. The summed E-state index contributed by atoms with van der Waals surface area (Å²) in [6, 6.07) is 0.377. The van der Waals surface area contributed by atoms with Gasteiger partial charge in [-0.05, 0) is 53.0 Å². The van der Waals surface area contributed by atoms with Gasteiger partial charge in [-0.25, -0.2) is 4.79 Å². The van der Waals surface area contributed by atoms with Gasteiger partial charge in [0.05, 0.1) is 0 Å². The molecule has 0 aromatic carbocycles. The van der Waals surface area contributed by atoms with Crippen molar-refractivity contribution in [2.24, 2.45) is 0 Å². The second-order valence-corrected chi connectivity index (χ2v) is 6.15. The first-order valence-electron chi connectivity index (χ1n) is 7.24. The largest absolute Gasteiger partial charge is 0.444 e. The number of hydrogen-bond donors (Lipinski definition) is 2. The second-order valence-electron chi connectivity index (χ2n) is 6.15. The molecule has 5 nitrogen and oxygen atoms in total. The number of nitrogens with zero attached hydrogens (tertiary/aromatic N) is 1. The highest BCUT2D eigenvalue weighted by Crippen LogP contribution is 2.15. The summed E-state index contributed by atoms with van der Waals surface area (Å²) in [7, 11) is 0. The van der Waals surface area contributed by atoms with E-state index >= 15 is 0 Å². The maximum Gasteiger partial charge on any atom is 0.410 e. The van der Waals surface area contributed by atoms with E-state index in [9.17, 15) is 4.79 Å². The molecule has 19 heavy (non-hydrogen) atoms. The van der Waals surface area contributed by atoms with Crippen molar-refractivity contribution in [2.45, 2.75) is 58.1 Å². The molecule has 1 saturated heterocycles. The normalized spacial score (nSPS) is 19.8. The number of nitrogens with one attached hydrogen (secondary N) is 1. The van der Waals surface area contributed by atoms with Crippen molar-refractivity contribution in [2.75, 3.05) is 26.2 Å². The monoisotopic (exact) mass is 272 g/mol. The van der Waals surface area contributed by atoms with Crippen molar-refractivity contribution in [3.63, 3.8) is 0 Å². The Morgan fingerprint density at radius 1 is 1.37 bits per heavy atom. The first-order chi connectivity index (χ1) is 8.92. The third-order valence-electron chi connectivity index (χ3n) is 3.11. The average molecular weight is 272 g/mol. The maximum absolute atomic E-state index is 11.9. The van der Waals surface area contributed by atoms with Gasteiger partial charge < -0.3 is 20.1 Å². The molecule has 112 valence electrons. The SMILES string of the molecule is CC(C)(C)OC(=O)N1CCC(NCCCCCO)C1. The number of carbonyl (C=O) groups excluding carboxylic acids is 1. The molecule has 1 aliphatic heterocycles. The number of amides is 1. The maximum atomic E-state index is 11.9. The summed E-state index contributed by atoms with van der Waals surface area (Å²) >= 11 is 0. The molecule has 1 amide bonds. The van der Waals surface area contributed by atoms with Crippen molar-refractivity contribution in [3.05, 3.63) is 0 Å². The second kappa shape index (κ2) is 7.70. The molecular formula is C14H28N2O3. The van der Waals surface area contributed by atoms with Crippen LogP contribution in [0, 0.1) is 0 Å². The van der Waals surface area contributed by atoms with Gasteiger partial charge in [0, 0.05) is 25.7 Å². The van der Waals surface area contributed by atoms with Crippen LogP contribution in [0.1, 0.15) is 46.5 Å². The molecule has 1 unspecified atom stereocenters. The third-order valence-corrected chi connectivity index (χ3v) is 3.11. The lowest BCUT2D eigenvalue weighted by molar-refractivity contribution is 0.0291. The minimum absolute atomic E-state index is 0.211. The van der Waals surface area contributed by atoms with Crippen LogP contribution < -0.4 is 5.32 Å². The van der Waals surface area contributed by atoms with E-state index in [2.05, 4.69) is 5.32 Å². The molecule has 1 fully saturated rings. The Morgan fingerprint density at radius 3 is 2.74 bits per heavy atom. The molecule has 0 aromatic rings. The zero-order valence-electron chi connectivity index (χ0n) is 12.4. The molecule has 0 aliphatic carbocycles. The van der Waals surface area contributed by atoms with Crippen molar-refractivity contribution >= 4 is 6.09 Å². The lowest BCUT2D eigenvalue weighted by Crippen LogP contribution is -2.38. The van der Waals surface area contributed by atoms with Gasteiger partial charge in [-0.15, -0.1) is 0 Å². The first kappa shape index (κ1) is 16.2. The Hall–Kier alpha value is -0.810. The van der Waals surface area contributed by atoms with E-state index in [4.69, 9.17) is 9.84 Å². The Morgan fingerprint density at radius 2 is 2.11 bits per heavy atom. The number of rotatable bonds is 6. The predicted octanol–water partition coefficient (Wildman–Crippen LogP) is 1.75. The molecule has 0 aromatic heterocycles. The number of aliphatic hydroxyl groups excluding tert-OH is 1. The summed E-state index contributed by atoms with van der Waals surface area (Å²) in [4.78, 5) is 13.6. The average Bonchev–Trinajstić information content (AvgIpc) is 2.75. The minimum atomic E-state index is -0.424. The lowest BCUT2D eigenvalue weighted by atomic mass is 10.2. The lowest BCUT2D eigenvalue weighted by Gasteiger charge is -2.24. The number of aliphatic hydroxyl groups is 1.